The zero-order valence-corrected chi connectivity index (χ0v) is 14.9. The van der Waals surface area contributed by atoms with Crippen LogP contribution in [0.4, 0.5) is 32.0 Å². The highest BCUT2D eigenvalue weighted by atomic mass is 19.4. The fourth-order valence-electron chi connectivity index (χ4n) is 2.48. The highest BCUT2D eigenvalue weighted by Gasteiger charge is 2.36. The smallest absolute Gasteiger partial charge is 0.417 e. The summed E-state index contributed by atoms with van der Waals surface area (Å²) in [6, 6.07) is 6.03. The van der Waals surface area contributed by atoms with Crippen LogP contribution >= 0.6 is 0 Å². The highest BCUT2D eigenvalue weighted by molar-refractivity contribution is 5.86. The molecule has 29 heavy (non-hydrogen) atoms. The van der Waals surface area contributed by atoms with E-state index in [1.165, 1.54) is 18.2 Å². The van der Waals surface area contributed by atoms with Gasteiger partial charge in [-0.25, -0.2) is 4.79 Å². The maximum Gasteiger partial charge on any atom is 0.417 e. The number of nitrogens with zero attached hydrogens (tertiary/aromatic N) is 2. The average Bonchev–Trinajstić information content (AvgIpc) is 3.07. The van der Waals surface area contributed by atoms with Crippen LogP contribution in [0.5, 0.6) is 0 Å². The number of halogens is 6. The predicted octanol–water partition coefficient (Wildman–Crippen LogP) is 4.92. The van der Waals surface area contributed by atoms with Gasteiger partial charge in [0.25, 0.3) is 0 Å². The minimum Gasteiger partial charge on any atom is -0.460 e. The number of anilines is 1. The van der Waals surface area contributed by atoms with Crippen molar-refractivity contribution < 1.29 is 40.3 Å². The van der Waals surface area contributed by atoms with E-state index >= 15 is 0 Å². The summed E-state index contributed by atoms with van der Waals surface area (Å²) in [5.74, 6) is -1.15. The fraction of sp³-hybridized carbons (Fsp3) is 0.333. The summed E-state index contributed by atoms with van der Waals surface area (Å²) < 4.78 is 88.3. The van der Waals surface area contributed by atoms with E-state index in [1.807, 2.05) is 0 Å². The quantitative estimate of drug-likeness (QED) is 0.491. The van der Waals surface area contributed by atoms with Crippen molar-refractivity contribution >= 4 is 11.7 Å². The van der Waals surface area contributed by atoms with Crippen LogP contribution in [0.1, 0.15) is 34.4 Å². The monoisotopic (exact) mass is 420 g/mol. The van der Waals surface area contributed by atoms with Crippen LogP contribution in [-0.2, 0) is 17.5 Å². The lowest BCUT2D eigenvalue weighted by Gasteiger charge is -2.26. The molecule has 0 radical (unpaired) electrons. The molecule has 0 saturated heterocycles. The van der Waals surface area contributed by atoms with E-state index in [-0.39, 0.29) is 18.1 Å². The first kappa shape index (κ1) is 22.1. The van der Waals surface area contributed by atoms with Crippen molar-refractivity contribution in [1.82, 2.24) is 0 Å². The van der Waals surface area contributed by atoms with Crippen molar-refractivity contribution in [3.8, 4) is 6.07 Å². The van der Waals surface area contributed by atoms with E-state index in [0.717, 1.165) is 12.1 Å². The molecule has 1 heterocycles. The first-order valence-electron chi connectivity index (χ1n) is 8.13. The lowest BCUT2D eigenvalue weighted by Crippen LogP contribution is -2.34. The molecule has 0 N–H and O–H groups in total. The molecule has 0 amide bonds. The van der Waals surface area contributed by atoms with Crippen molar-refractivity contribution in [3.63, 3.8) is 0 Å². The Morgan fingerprint density at radius 3 is 2.41 bits per heavy atom. The van der Waals surface area contributed by atoms with Gasteiger partial charge in [0.2, 0.25) is 5.76 Å². The number of carbonyl (C=O) groups excluding carboxylic acids is 1. The summed E-state index contributed by atoms with van der Waals surface area (Å²) in [6.07, 6.45) is -9.66. The molecule has 11 heteroatoms. The van der Waals surface area contributed by atoms with E-state index in [2.05, 4.69) is 0 Å². The maximum absolute atomic E-state index is 13.1. The number of ether oxygens (including phenoxy) is 1. The molecule has 0 fully saturated rings. The summed E-state index contributed by atoms with van der Waals surface area (Å²) in [5.41, 5.74) is -2.48. The van der Waals surface area contributed by atoms with Gasteiger partial charge in [-0.3, -0.25) is 0 Å². The molecular weight excluding hydrogens is 406 g/mol. The lowest BCUT2D eigenvalue weighted by atomic mass is 10.1. The van der Waals surface area contributed by atoms with Gasteiger partial charge in [-0.2, -0.15) is 31.6 Å². The molecule has 0 atom stereocenters. The Kier molecular flexibility index (Phi) is 6.46. The van der Waals surface area contributed by atoms with Gasteiger partial charge in [0, 0.05) is 5.69 Å². The van der Waals surface area contributed by atoms with Gasteiger partial charge >= 0.3 is 18.3 Å². The molecule has 0 unspecified atom stereocenters. The van der Waals surface area contributed by atoms with Crippen molar-refractivity contribution in [3.05, 3.63) is 53.0 Å². The Bertz CT molecular complexity index is 912. The zero-order valence-electron chi connectivity index (χ0n) is 14.9. The van der Waals surface area contributed by atoms with Crippen LogP contribution in [0, 0.1) is 11.3 Å². The van der Waals surface area contributed by atoms with Crippen LogP contribution in [0.2, 0.25) is 0 Å². The van der Waals surface area contributed by atoms with Gasteiger partial charge < -0.3 is 14.1 Å². The Labute approximate surface area is 161 Å². The van der Waals surface area contributed by atoms with Crippen LogP contribution in [0.3, 0.4) is 0 Å². The molecule has 0 spiro atoms. The number of benzene rings is 1. The molecule has 2 rings (SSSR count). The Balaban J connectivity index is 2.39. The normalized spacial score (nSPS) is 11.8. The van der Waals surface area contributed by atoms with Gasteiger partial charge in [0.15, 0.2) is 0 Å². The number of hydrogen-bond donors (Lipinski definition) is 0. The number of carbonyl (C=O) groups is 1. The zero-order chi connectivity index (χ0) is 21.8. The Morgan fingerprint density at radius 2 is 1.86 bits per heavy atom. The standard InChI is InChI=1S/C18H14F6N2O3/c1-2-28-16(27)15-6-5-13(29-15)9-26(10-17(19,20)21)12-4-3-11(8-25)14(7-12)18(22,23)24/h3-7H,2,9-10H2,1H3. The second-order valence-electron chi connectivity index (χ2n) is 5.80. The number of rotatable bonds is 6. The van der Waals surface area contributed by atoms with E-state index < -0.39 is 48.2 Å². The van der Waals surface area contributed by atoms with Gasteiger partial charge in [0.05, 0.1) is 30.3 Å². The van der Waals surface area contributed by atoms with E-state index in [4.69, 9.17) is 14.4 Å². The van der Waals surface area contributed by atoms with Crippen LogP contribution in [0.15, 0.2) is 34.7 Å². The first-order valence-corrected chi connectivity index (χ1v) is 8.13. The molecule has 1 aromatic carbocycles. The van der Waals surface area contributed by atoms with E-state index in [1.54, 1.807) is 6.92 Å². The number of hydrogen-bond acceptors (Lipinski definition) is 5. The third-order valence-electron chi connectivity index (χ3n) is 3.65. The number of esters is 1. The van der Waals surface area contributed by atoms with Gasteiger partial charge in [-0.1, -0.05) is 0 Å². The SMILES string of the molecule is CCOC(=O)c1ccc(CN(CC(F)(F)F)c2ccc(C#N)c(C(F)(F)F)c2)o1. The molecule has 1 aromatic heterocycles. The first-order chi connectivity index (χ1) is 13.4. The molecule has 0 bridgehead atoms. The Hall–Kier alpha value is -3.16. The predicted molar refractivity (Wildman–Crippen MR) is 87.9 cm³/mol. The van der Waals surface area contributed by atoms with Gasteiger partial charge in [0.1, 0.15) is 12.3 Å². The summed E-state index contributed by atoms with van der Waals surface area (Å²) >= 11 is 0. The third kappa shape index (κ3) is 5.91. The second-order valence-corrected chi connectivity index (χ2v) is 5.80. The summed E-state index contributed by atoms with van der Waals surface area (Å²) in [5, 5.41) is 8.83. The molecule has 156 valence electrons. The molecule has 0 aliphatic rings. The molecular formula is C18H14F6N2O3. The van der Waals surface area contributed by atoms with Gasteiger partial charge in [-0.05, 0) is 37.3 Å². The van der Waals surface area contributed by atoms with Crippen LogP contribution in [-0.4, -0.2) is 25.3 Å². The van der Waals surface area contributed by atoms with Crippen molar-refractivity contribution in [2.45, 2.75) is 25.8 Å². The maximum atomic E-state index is 13.1. The molecule has 2 aromatic rings. The summed E-state index contributed by atoms with van der Waals surface area (Å²) in [4.78, 5) is 12.2. The number of alkyl halides is 6. The van der Waals surface area contributed by atoms with E-state index in [0.29, 0.717) is 11.0 Å². The van der Waals surface area contributed by atoms with E-state index in [9.17, 15) is 31.1 Å². The topological polar surface area (TPSA) is 66.5 Å². The van der Waals surface area contributed by atoms with Crippen molar-refractivity contribution in [2.24, 2.45) is 0 Å². The largest absolute Gasteiger partial charge is 0.460 e. The molecule has 0 saturated carbocycles. The van der Waals surface area contributed by atoms with Crippen LogP contribution in [0.25, 0.3) is 0 Å². The second kappa shape index (κ2) is 8.46. The minimum absolute atomic E-state index is 0.0561. The highest BCUT2D eigenvalue weighted by Crippen LogP contribution is 2.35. The van der Waals surface area contributed by atoms with Crippen molar-refractivity contribution in [1.29, 1.82) is 5.26 Å². The van der Waals surface area contributed by atoms with Crippen molar-refractivity contribution in [2.75, 3.05) is 18.1 Å². The molecule has 0 aliphatic heterocycles. The summed E-state index contributed by atoms with van der Waals surface area (Å²) in [6.45, 7) is -0.537. The Morgan fingerprint density at radius 1 is 1.17 bits per heavy atom. The van der Waals surface area contributed by atoms with Gasteiger partial charge in [-0.15, -0.1) is 0 Å². The number of nitriles is 1. The van der Waals surface area contributed by atoms with Crippen LogP contribution < -0.4 is 4.90 Å². The third-order valence-corrected chi connectivity index (χ3v) is 3.65. The molecule has 5 nitrogen and oxygen atoms in total. The summed E-state index contributed by atoms with van der Waals surface area (Å²) in [7, 11) is 0. The number of furan rings is 1. The molecule has 0 aliphatic carbocycles. The average molecular weight is 420 g/mol. The fourth-order valence-corrected chi connectivity index (χ4v) is 2.48. The minimum atomic E-state index is -4.92. The lowest BCUT2D eigenvalue weighted by molar-refractivity contribution is -0.137.